The first-order chi connectivity index (χ1) is 15.9. The topological polar surface area (TPSA) is 81.4 Å². The molecule has 1 aromatic carbocycles. The molecule has 2 aromatic heterocycles. The Morgan fingerprint density at radius 3 is 2.56 bits per heavy atom. The molecule has 34 heavy (non-hydrogen) atoms. The van der Waals surface area contributed by atoms with Crippen molar-refractivity contribution in [1.82, 2.24) is 9.55 Å². The molecule has 0 aliphatic carbocycles. The predicted octanol–water partition coefficient (Wildman–Crippen LogP) is 4.53. The molecule has 0 amide bonds. The van der Waals surface area contributed by atoms with Crippen LogP contribution >= 0.6 is 0 Å². The summed E-state index contributed by atoms with van der Waals surface area (Å²) in [5.74, 6) is -1.01. The second-order valence-electron chi connectivity index (χ2n) is 9.28. The number of ether oxygens (including phenoxy) is 1. The van der Waals surface area contributed by atoms with Gasteiger partial charge < -0.3 is 14.4 Å². The van der Waals surface area contributed by atoms with E-state index in [9.17, 15) is 27.9 Å². The smallest absolute Gasteiger partial charge is 0.416 e. The maximum absolute atomic E-state index is 13.8. The third-order valence-corrected chi connectivity index (χ3v) is 7.01. The number of cyclic esters (lactones) is 1. The maximum atomic E-state index is 13.8. The van der Waals surface area contributed by atoms with Crippen molar-refractivity contribution < 1.29 is 27.8 Å². The van der Waals surface area contributed by atoms with E-state index in [4.69, 9.17) is 4.74 Å². The molecule has 4 heterocycles. The van der Waals surface area contributed by atoms with Gasteiger partial charge in [0.15, 0.2) is 5.60 Å². The van der Waals surface area contributed by atoms with Crippen molar-refractivity contribution in [3.05, 3.63) is 61.9 Å². The van der Waals surface area contributed by atoms with Crippen LogP contribution < -0.4 is 5.56 Å². The molecule has 0 spiro atoms. The highest BCUT2D eigenvalue weighted by Crippen LogP contribution is 2.42. The quantitative estimate of drug-likeness (QED) is 0.434. The Morgan fingerprint density at radius 1 is 1.24 bits per heavy atom. The molecule has 0 unspecified atom stereocenters. The molecular formula is C25H23F3N2O4. The lowest BCUT2D eigenvalue weighted by Crippen LogP contribution is -2.44. The Morgan fingerprint density at radius 2 is 1.94 bits per heavy atom. The highest BCUT2D eigenvalue weighted by atomic mass is 19.4. The molecule has 5 rings (SSSR count). The number of aliphatic hydroxyl groups is 1. The zero-order valence-corrected chi connectivity index (χ0v) is 19.1. The van der Waals surface area contributed by atoms with Crippen LogP contribution in [0.3, 0.4) is 0 Å². The number of aromatic nitrogens is 2. The third-order valence-electron chi connectivity index (χ3n) is 7.01. The minimum absolute atomic E-state index is 0.00566. The number of benzene rings is 1. The molecule has 1 atom stereocenters. The van der Waals surface area contributed by atoms with Crippen molar-refractivity contribution in [2.45, 2.75) is 65.0 Å². The van der Waals surface area contributed by atoms with Crippen molar-refractivity contribution in [2.75, 3.05) is 0 Å². The van der Waals surface area contributed by atoms with Gasteiger partial charge in [0.25, 0.3) is 5.56 Å². The highest BCUT2D eigenvalue weighted by Gasteiger charge is 2.45. The van der Waals surface area contributed by atoms with Crippen LogP contribution in [0.4, 0.5) is 13.2 Å². The van der Waals surface area contributed by atoms with Crippen LogP contribution in [0.25, 0.3) is 22.3 Å². The lowest BCUT2D eigenvalue weighted by Gasteiger charge is -2.31. The number of carbonyl (C=O) groups excluding carboxylic acids is 1. The summed E-state index contributed by atoms with van der Waals surface area (Å²) in [6, 6.07) is 4.41. The van der Waals surface area contributed by atoms with Gasteiger partial charge in [0.1, 0.15) is 6.61 Å². The van der Waals surface area contributed by atoms with E-state index in [2.05, 4.69) is 4.98 Å². The van der Waals surface area contributed by atoms with Gasteiger partial charge in [-0.3, -0.25) is 4.79 Å². The summed E-state index contributed by atoms with van der Waals surface area (Å²) < 4.78 is 47.9. The molecule has 0 radical (unpaired) electrons. The fourth-order valence-electron chi connectivity index (χ4n) is 5.29. The van der Waals surface area contributed by atoms with E-state index >= 15 is 0 Å². The number of alkyl halides is 3. The van der Waals surface area contributed by atoms with Gasteiger partial charge in [-0.2, -0.15) is 13.2 Å². The Labute approximate surface area is 193 Å². The van der Waals surface area contributed by atoms with Crippen LogP contribution in [-0.2, 0) is 34.5 Å². The summed E-state index contributed by atoms with van der Waals surface area (Å²) in [5, 5.41) is 11.6. The number of fused-ring (bicyclic) bond motifs is 5. The Balaban J connectivity index is 1.81. The van der Waals surface area contributed by atoms with Gasteiger partial charge >= 0.3 is 12.1 Å². The minimum Gasteiger partial charge on any atom is -0.458 e. The number of nitrogens with zero attached hydrogens (tertiary/aromatic N) is 2. The molecule has 6 nitrogen and oxygen atoms in total. The van der Waals surface area contributed by atoms with Gasteiger partial charge in [0.05, 0.1) is 34.6 Å². The van der Waals surface area contributed by atoms with Crippen molar-refractivity contribution >= 4 is 16.9 Å². The summed E-state index contributed by atoms with van der Waals surface area (Å²) in [5.41, 5.74) is -0.393. The summed E-state index contributed by atoms with van der Waals surface area (Å²) in [7, 11) is 0. The van der Waals surface area contributed by atoms with Crippen molar-refractivity contribution in [3.63, 3.8) is 0 Å². The van der Waals surface area contributed by atoms with E-state index in [1.54, 1.807) is 19.1 Å². The van der Waals surface area contributed by atoms with Crippen molar-refractivity contribution in [3.8, 4) is 11.4 Å². The fraction of sp³-hybridized carbons (Fsp3) is 0.400. The average molecular weight is 472 g/mol. The number of carbonyl (C=O) groups is 1. The second kappa shape index (κ2) is 7.15. The zero-order valence-electron chi connectivity index (χ0n) is 19.1. The number of hydrogen-bond acceptors (Lipinski definition) is 5. The maximum Gasteiger partial charge on any atom is 0.416 e. The van der Waals surface area contributed by atoms with Crippen LogP contribution in [0.5, 0.6) is 0 Å². The van der Waals surface area contributed by atoms with Gasteiger partial charge in [-0.15, -0.1) is 0 Å². The van der Waals surface area contributed by atoms with Crippen LogP contribution in [0.1, 0.15) is 66.5 Å². The highest BCUT2D eigenvalue weighted by molar-refractivity contribution is 5.90. The first-order valence-electron chi connectivity index (χ1n) is 11.1. The average Bonchev–Trinajstić information content (AvgIpc) is 3.11. The van der Waals surface area contributed by atoms with Gasteiger partial charge in [0, 0.05) is 16.5 Å². The SMILES string of the molecule is CC[C@@]1(O)C(=O)OCc2c1cc1n(c2=O)Cc2cc3c(C(C)C)c(C)c(C(F)(F)F)cc3nc2-1. The molecule has 1 N–H and O–H groups in total. The predicted molar refractivity (Wildman–Crippen MR) is 118 cm³/mol. The van der Waals surface area contributed by atoms with Gasteiger partial charge in [-0.05, 0) is 48.6 Å². The molecule has 9 heteroatoms. The molecule has 0 fully saturated rings. The number of halogens is 3. The Hall–Kier alpha value is -3.20. The molecule has 0 saturated carbocycles. The molecule has 2 aliphatic heterocycles. The van der Waals surface area contributed by atoms with Crippen molar-refractivity contribution in [1.29, 1.82) is 0 Å². The van der Waals surface area contributed by atoms with E-state index in [0.29, 0.717) is 27.9 Å². The molecule has 0 saturated heterocycles. The number of esters is 1. The summed E-state index contributed by atoms with van der Waals surface area (Å²) >= 11 is 0. The standard InChI is InChI=1S/C25H23F3N2O4/c1-5-24(33)17-8-19-21-13(9-30(19)22(31)15(17)10-34-23(24)32)6-14-18(29-21)7-16(25(26,27)28)12(4)20(14)11(2)3/h6-8,11,33H,5,9-10H2,1-4H3/t24-/m0/s1. The minimum atomic E-state index is -4.53. The van der Waals surface area contributed by atoms with Gasteiger partial charge in [-0.1, -0.05) is 20.8 Å². The van der Waals surface area contributed by atoms with Crippen LogP contribution in [0.15, 0.2) is 23.0 Å². The normalized spacial score (nSPS) is 19.3. The lowest BCUT2D eigenvalue weighted by atomic mass is 9.86. The van der Waals surface area contributed by atoms with Gasteiger partial charge in [0.2, 0.25) is 0 Å². The second-order valence-corrected chi connectivity index (χ2v) is 9.28. The van der Waals surface area contributed by atoms with Crippen molar-refractivity contribution in [2.24, 2.45) is 0 Å². The monoisotopic (exact) mass is 472 g/mol. The van der Waals surface area contributed by atoms with E-state index in [1.165, 1.54) is 11.5 Å². The van der Waals surface area contributed by atoms with Crippen LogP contribution in [0, 0.1) is 6.92 Å². The van der Waals surface area contributed by atoms with E-state index in [0.717, 1.165) is 6.07 Å². The first-order valence-corrected chi connectivity index (χ1v) is 11.1. The molecular weight excluding hydrogens is 449 g/mol. The number of rotatable bonds is 2. The van der Waals surface area contributed by atoms with E-state index in [1.807, 2.05) is 13.8 Å². The van der Waals surface area contributed by atoms with E-state index in [-0.39, 0.29) is 47.7 Å². The Kier molecular flexibility index (Phi) is 4.75. The number of pyridine rings is 2. The first kappa shape index (κ1) is 22.6. The largest absolute Gasteiger partial charge is 0.458 e. The summed E-state index contributed by atoms with van der Waals surface area (Å²) in [4.78, 5) is 30.2. The van der Waals surface area contributed by atoms with Gasteiger partial charge in [-0.25, -0.2) is 9.78 Å². The Bertz CT molecular complexity index is 1460. The molecule has 2 aliphatic rings. The molecule has 178 valence electrons. The zero-order chi connectivity index (χ0) is 24.7. The van der Waals surface area contributed by atoms with E-state index < -0.39 is 28.9 Å². The lowest BCUT2D eigenvalue weighted by molar-refractivity contribution is -0.172. The molecule has 0 bridgehead atoms. The fourth-order valence-corrected chi connectivity index (χ4v) is 5.29. The third kappa shape index (κ3) is 2.95. The van der Waals surface area contributed by atoms with Crippen LogP contribution in [-0.4, -0.2) is 20.6 Å². The summed E-state index contributed by atoms with van der Waals surface area (Å²) in [6.07, 6.45) is -4.53. The molecule has 3 aromatic rings. The summed E-state index contributed by atoms with van der Waals surface area (Å²) in [6.45, 7) is 6.70. The number of hydrogen-bond donors (Lipinski definition) is 1. The van der Waals surface area contributed by atoms with Crippen LogP contribution in [0.2, 0.25) is 0 Å².